The zero-order chi connectivity index (χ0) is 24.1. The Bertz CT molecular complexity index is 927. The van der Waals surface area contributed by atoms with Gasteiger partial charge in [0.15, 0.2) is 5.78 Å². The van der Waals surface area contributed by atoms with Crippen LogP contribution in [0.25, 0.3) is 0 Å². The molecule has 2 aliphatic carbocycles. The van der Waals surface area contributed by atoms with Gasteiger partial charge in [-0.15, -0.1) is 0 Å². The second-order valence-electron chi connectivity index (χ2n) is 12.8. The molecule has 32 heavy (non-hydrogen) atoms. The Morgan fingerprint density at radius 3 is 2.19 bits per heavy atom. The smallest absolute Gasteiger partial charge is 0.163 e. The maximum Gasteiger partial charge on any atom is 0.163 e. The Morgan fingerprint density at radius 2 is 1.59 bits per heavy atom. The van der Waals surface area contributed by atoms with Crippen molar-refractivity contribution < 1.29 is 14.4 Å². The zero-order valence-electron chi connectivity index (χ0n) is 21.5. The van der Waals surface area contributed by atoms with Gasteiger partial charge in [0.25, 0.3) is 0 Å². The number of carbonyl (C=O) groups is 3. The summed E-state index contributed by atoms with van der Waals surface area (Å²) in [5.41, 5.74) is 2.09. The highest BCUT2D eigenvalue weighted by Gasteiger charge is 2.56. The molecule has 3 nitrogen and oxygen atoms in total. The highest BCUT2D eigenvalue weighted by molar-refractivity contribution is 5.99. The molecule has 1 saturated carbocycles. The van der Waals surface area contributed by atoms with E-state index in [1.54, 1.807) is 0 Å². The summed E-state index contributed by atoms with van der Waals surface area (Å²) in [6.07, 6.45) is 5.56. The first kappa shape index (κ1) is 24.9. The fraction of sp³-hybridized carbons (Fsp3) is 0.690. The lowest BCUT2D eigenvalue weighted by molar-refractivity contribution is -0.144. The molecule has 0 N–H and O–H groups in total. The molecule has 0 aliphatic heterocycles. The average molecular weight is 439 g/mol. The van der Waals surface area contributed by atoms with Crippen molar-refractivity contribution in [2.24, 2.45) is 22.2 Å². The van der Waals surface area contributed by atoms with Crippen LogP contribution in [0.2, 0.25) is 0 Å². The molecule has 0 spiro atoms. The quantitative estimate of drug-likeness (QED) is 0.470. The minimum atomic E-state index is -0.414. The molecule has 176 valence electrons. The van der Waals surface area contributed by atoms with Crippen LogP contribution in [0.3, 0.4) is 0 Å². The number of ketones is 3. The first-order valence-electron chi connectivity index (χ1n) is 12.4. The van der Waals surface area contributed by atoms with Gasteiger partial charge in [-0.2, -0.15) is 0 Å². The molecule has 3 atom stereocenters. The molecule has 0 heterocycles. The van der Waals surface area contributed by atoms with E-state index in [-0.39, 0.29) is 46.6 Å². The second-order valence-corrected chi connectivity index (χ2v) is 12.8. The highest BCUT2D eigenvalue weighted by Crippen LogP contribution is 2.59. The average Bonchev–Trinajstić information content (AvgIpc) is 2.69. The Kier molecular flexibility index (Phi) is 6.39. The Morgan fingerprint density at radius 1 is 0.938 bits per heavy atom. The Hall–Kier alpha value is -1.77. The van der Waals surface area contributed by atoms with Gasteiger partial charge in [-0.3, -0.25) is 14.4 Å². The third-order valence-corrected chi connectivity index (χ3v) is 8.30. The van der Waals surface area contributed by atoms with Gasteiger partial charge in [0.1, 0.15) is 11.6 Å². The van der Waals surface area contributed by atoms with E-state index in [9.17, 15) is 14.4 Å². The topological polar surface area (TPSA) is 51.2 Å². The van der Waals surface area contributed by atoms with E-state index in [4.69, 9.17) is 0 Å². The van der Waals surface area contributed by atoms with E-state index in [1.165, 1.54) is 11.1 Å². The summed E-state index contributed by atoms with van der Waals surface area (Å²) < 4.78 is 0. The van der Waals surface area contributed by atoms with Gasteiger partial charge in [0.05, 0.1) is 0 Å². The molecule has 3 unspecified atom stereocenters. The summed E-state index contributed by atoms with van der Waals surface area (Å²) in [5.74, 6) is 0.827. The number of hydrogen-bond acceptors (Lipinski definition) is 3. The zero-order valence-corrected chi connectivity index (χ0v) is 21.5. The SMILES string of the molecule is CC(C)(C)C(=O)CCC(=O)c1ccc2c(c1)C1(C)CCCC(C)(C(=O)C(C)(C)C)C1CC2. The maximum absolute atomic E-state index is 13.6. The standard InChI is InChI=1S/C29H42O3/c1-26(2,3)24(31)15-13-22(30)20-11-10-19-12-14-23-28(7,21(19)18-20)16-9-17-29(23,8)25(32)27(4,5)6/h10-11,18,23H,9,12-17H2,1-8H3. The summed E-state index contributed by atoms with van der Waals surface area (Å²) >= 11 is 0. The van der Waals surface area contributed by atoms with Crippen molar-refractivity contribution in [1.29, 1.82) is 0 Å². The van der Waals surface area contributed by atoms with Crippen LogP contribution in [-0.2, 0) is 21.4 Å². The van der Waals surface area contributed by atoms with Crippen molar-refractivity contribution in [3.05, 3.63) is 34.9 Å². The number of fused-ring (bicyclic) bond motifs is 3. The van der Waals surface area contributed by atoms with Crippen molar-refractivity contribution >= 4 is 17.3 Å². The second kappa shape index (κ2) is 8.22. The number of aryl methyl sites for hydroxylation is 1. The lowest BCUT2D eigenvalue weighted by Crippen LogP contribution is -2.54. The number of carbonyl (C=O) groups excluding carboxylic acids is 3. The lowest BCUT2D eigenvalue weighted by atomic mass is 9.47. The van der Waals surface area contributed by atoms with Crippen LogP contribution in [0.1, 0.15) is 115 Å². The summed E-state index contributed by atoms with van der Waals surface area (Å²) in [6.45, 7) is 16.3. The Balaban J connectivity index is 1.92. The number of benzene rings is 1. The lowest BCUT2D eigenvalue weighted by Gasteiger charge is -2.56. The Labute approximate surface area is 194 Å². The molecule has 3 rings (SSSR count). The molecular formula is C29H42O3. The number of Topliss-reactive ketones (excluding diaryl/α,β-unsaturated/α-hetero) is 3. The van der Waals surface area contributed by atoms with E-state index in [2.05, 4.69) is 26.0 Å². The minimum Gasteiger partial charge on any atom is -0.299 e. The van der Waals surface area contributed by atoms with Crippen molar-refractivity contribution in [1.82, 2.24) is 0 Å². The van der Waals surface area contributed by atoms with Gasteiger partial charge in [-0.25, -0.2) is 0 Å². The van der Waals surface area contributed by atoms with Crippen LogP contribution in [0.5, 0.6) is 0 Å². The molecule has 0 amide bonds. The molecule has 3 heteroatoms. The van der Waals surface area contributed by atoms with Crippen LogP contribution < -0.4 is 0 Å². The monoisotopic (exact) mass is 438 g/mol. The number of hydrogen-bond donors (Lipinski definition) is 0. The summed E-state index contributed by atoms with van der Waals surface area (Å²) in [6, 6.07) is 6.15. The normalized spacial score (nSPS) is 27.9. The molecule has 0 saturated heterocycles. The summed E-state index contributed by atoms with van der Waals surface area (Å²) in [4.78, 5) is 38.9. The maximum atomic E-state index is 13.6. The predicted molar refractivity (Wildman–Crippen MR) is 130 cm³/mol. The highest BCUT2D eigenvalue weighted by atomic mass is 16.1. The van der Waals surface area contributed by atoms with Gasteiger partial charge in [0.2, 0.25) is 0 Å². The van der Waals surface area contributed by atoms with Crippen molar-refractivity contribution in [3.8, 4) is 0 Å². The van der Waals surface area contributed by atoms with Gasteiger partial charge in [-0.05, 0) is 54.2 Å². The molecule has 2 aliphatic rings. The molecule has 1 aromatic rings. The van der Waals surface area contributed by atoms with Gasteiger partial charge in [-0.1, -0.05) is 73.9 Å². The van der Waals surface area contributed by atoms with Crippen LogP contribution in [-0.4, -0.2) is 17.3 Å². The van der Waals surface area contributed by atoms with Crippen LogP contribution >= 0.6 is 0 Å². The van der Waals surface area contributed by atoms with Crippen molar-refractivity contribution in [3.63, 3.8) is 0 Å². The van der Waals surface area contributed by atoms with E-state index in [1.807, 2.05) is 47.6 Å². The van der Waals surface area contributed by atoms with Crippen LogP contribution in [0.4, 0.5) is 0 Å². The molecule has 1 fully saturated rings. The van der Waals surface area contributed by atoms with Crippen molar-refractivity contribution in [2.45, 2.75) is 106 Å². The fourth-order valence-corrected chi connectivity index (χ4v) is 6.51. The van der Waals surface area contributed by atoms with E-state index in [0.29, 0.717) is 11.3 Å². The molecule has 0 aromatic heterocycles. The number of rotatable bonds is 5. The van der Waals surface area contributed by atoms with Crippen LogP contribution in [0.15, 0.2) is 18.2 Å². The van der Waals surface area contributed by atoms with E-state index < -0.39 is 5.41 Å². The van der Waals surface area contributed by atoms with Gasteiger partial charge >= 0.3 is 0 Å². The minimum absolute atomic E-state index is 0.0421. The summed E-state index contributed by atoms with van der Waals surface area (Å²) in [7, 11) is 0. The van der Waals surface area contributed by atoms with Crippen molar-refractivity contribution in [2.75, 3.05) is 0 Å². The third-order valence-electron chi connectivity index (χ3n) is 8.30. The van der Waals surface area contributed by atoms with E-state index >= 15 is 0 Å². The first-order chi connectivity index (χ1) is 14.6. The largest absolute Gasteiger partial charge is 0.299 e. The first-order valence-corrected chi connectivity index (χ1v) is 12.4. The van der Waals surface area contributed by atoms with Gasteiger partial charge in [0, 0.05) is 34.7 Å². The molecular weight excluding hydrogens is 396 g/mol. The van der Waals surface area contributed by atoms with Crippen LogP contribution in [0, 0.1) is 22.2 Å². The molecule has 1 aromatic carbocycles. The fourth-order valence-electron chi connectivity index (χ4n) is 6.51. The predicted octanol–water partition coefficient (Wildman–Crippen LogP) is 6.89. The summed E-state index contributed by atoms with van der Waals surface area (Å²) in [5, 5.41) is 0. The molecule has 0 bridgehead atoms. The third kappa shape index (κ3) is 4.37. The van der Waals surface area contributed by atoms with Gasteiger partial charge < -0.3 is 0 Å². The molecule has 0 radical (unpaired) electrons. The van der Waals surface area contributed by atoms with E-state index in [0.717, 1.165) is 32.1 Å².